The lowest BCUT2D eigenvalue weighted by molar-refractivity contribution is 0.0949. The number of hydrogen-bond acceptors (Lipinski definition) is 6. The molecule has 0 spiro atoms. The van der Waals surface area contributed by atoms with Gasteiger partial charge in [-0.2, -0.15) is 0 Å². The van der Waals surface area contributed by atoms with Gasteiger partial charge in [-0.3, -0.25) is 9.78 Å². The molecule has 2 aromatic rings. The molecule has 0 aromatic carbocycles. The number of nitrogens with one attached hydrogen (secondary N) is 1. The van der Waals surface area contributed by atoms with E-state index < -0.39 is 0 Å². The molecule has 1 saturated heterocycles. The zero-order valence-electron chi connectivity index (χ0n) is 12.4. The van der Waals surface area contributed by atoms with Crippen molar-refractivity contribution in [3.63, 3.8) is 0 Å². The summed E-state index contributed by atoms with van der Waals surface area (Å²) in [5.41, 5.74) is 0.489. The van der Waals surface area contributed by atoms with Gasteiger partial charge < -0.3 is 15.0 Å². The standard InChI is InChI=1S/C15H16ClN5O2/c16-12-8-14(21-4-6-23-7-5-21)20-13(19-12)10-18-15(22)11-2-1-3-17-9-11/h1-3,8-9H,4-7,10H2,(H,18,22). The van der Waals surface area contributed by atoms with Crippen LogP contribution in [-0.4, -0.2) is 47.2 Å². The maximum absolute atomic E-state index is 12.0. The molecule has 0 unspecified atom stereocenters. The highest BCUT2D eigenvalue weighted by atomic mass is 35.5. The summed E-state index contributed by atoms with van der Waals surface area (Å²) < 4.78 is 5.33. The molecular weight excluding hydrogens is 318 g/mol. The number of hydrogen-bond donors (Lipinski definition) is 1. The van der Waals surface area contributed by atoms with Crippen molar-refractivity contribution in [2.75, 3.05) is 31.2 Å². The second-order valence-electron chi connectivity index (χ2n) is 4.99. The van der Waals surface area contributed by atoms with Crippen LogP contribution in [0.2, 0.25) is 5.15 Å². The van der Waals surface area contributed by atoms with E-state index in [1.54, 1.807) is 24.4 Å². The van der Waals surface area contributed by atoms with Gasteiger partial charge in [-0.15, -0.1) is 0 Å². The molecule has 3 heterocycles. The zero-order chi connectivity index (χ0) is 16.1. The topological polar surface area (TPSA) is 80.2 Å². The molecule has 0 atom stereocenters. The molecule has 0 aliphatic carbocycles. The summed E-state index contributed by atoms with van der Waals surface area (Å²) in [7, 11) is 0. The van der Waals surface area contributed by atoms with E-state index in [1.807, 2.05) is 0 Å². The zero-order valence-corrected chi connectivity index (χ0v) is 13.2. The SMILES string of the molecule is O=C(NCc1nc(Cl)cc(N2CCOCC2)n1)c1cccnc1. The van der Waals surface area contributed by atoms with E-state index in [4.69, 9.17) is 16.3 Å². The molecule has 23 heavy (non-hydrogen) atoms. The molecule has 1 amide bonds. The average molecular weight is 334 g/mol. The van der Waals surface area contributed by atoms with Crippen molar-refractivity contribution in [1.29, 1.82) is 0 Å². The summed E-state index contributed by atoms with van der Waals surface area (Å²) in [5.74, 6) is 0.991. The summed E-state index contributed by atoms with van der Waals surface area (Å²) in [5, 5.41) is 3.12. The summed E-state index contributed by atoms with van der Waals surface area (Å²) in [6.45, 7) is 3.04. The molecule has 0 radical (unpaired) electrons. The highest BCUT2D eigenvalue weighted by Crippen LogP contribution is 2.17. The molecule has 7 nitrogen and oxygen atoms in total. The van der Waals surface area contributed by atoms with Crippen LogP contribution < -0.4 is 10.2 Å². The van der Waals surface area contributed by atoms with Gasteiger partial charge in [0.05, 0.1) is 25.3 Å². The highest BCUT2D eigenvalue weighted by molar-refractivity contribution is 6.29. The fourth-order valence-electron chi connectivity index (χ4n) is 2.24. The molecule has 1 fully saturated rings. The molecule has 1 aliphatic rings. The summed E-state index contributed by atoms with van der Waals surface area (Å²) in [6.07, 6.45) is 3.12. The van der Waals surface area contributed by atoms with Crippen molar-refractivity contribution in [3.05, 3.63) is 47.1 Å². The first-order valence-corrected chi connectivity index (χ1v) is 7.64. The Hall–Kier alpha value is -2.25. The Bertz CT molecular complexity index is 677. The Kier molecular flexibility index (Phi) is 4.99. The Balaban J connectivity index is 1.68. The number of amides is 1. The van der Waals surface area contributed by atoms with Gasteiger partial charge in [-0.05, 0) is 12.1 Å². The number of aromatic nitrogens is 3. The number of pyridine rings is 1. The first-order valence-electron chi connectivity index (χ1n) is 7.27. The highest BCUT2D eigenvalue weighted by Gasteiger charge is 2.15. The maximum Gasteiger partial charge on any atom is 0.253 e. The fourth-order valence-corrected chi connectivity index (χ4v) is 2.44. The molecular formula is C15H16ClN5O2. The lowest BCUT2D eigenvalue weighted by Gasteiger charge is -2.28. The first kappa shape index (κ1) is 15.6. The smallest absolute Gasteiger partial charge is 0.253 e. The summed E-state index contributed by atoms with van der Waals surface area (Å²) >= 11 is 6.07. The van der Waals surface area contributed by atoms with Crippen LogP contribution in [0.4, 0.5) is 5.82 Å². The number of anilines is 1. The van der Waals surface area contributed by atoms with Gasteiger partial charge in [0.15, 0.2) is 5.82 Å². The minimum Gasteiger partial charge on any atom is -0.378 e. The molecule has 0 saturated carbocycles. The van der Waals surface area contributed by atoms with Crippen LogP contribution in [0.15, 0.2) is 30.6 Å². The Morgan fingerprint density at radius 1 is 1.35 bits per heavy atom. The fraction of sp³-hybridized carbons (Fsp3) is 0.333. The lowest BCUT2D eigenvalue weighted by Crippen LogP contribution is -2.37. The predicted octanol–water partition coefficient (Wildman–Crippen LogP) is 1.29. The van der Waals surface area contributed by atoms with E-state index in [2.05, 4.69) is 25.2 Å². The van der Waals surface area contributed by atoms with Crippen LogP contribution in [-0.2, 0) is 11.3 Å². The van der Waals surface area contributed by atoms with E-state index in [9.17, 15) is 4.79 Å². The lowest BCUT2D eigenvalue weighted by atomic mass is 10.3. The number of rotatable bonds is 4. The normalized spacial score (nSPS) is 14.6. The summed E-state index contributed by atoms with van der Waals surface area (Å²) in [4.78, 5) is 26.7. The molecule has 1 aliphatic heterocycles. The quantitative estimate of drug-likeness (QED) is 0.849. The Labute approximate surface area is 138 Å². The Morgan fingerprint density at radius 3 is 2.91 bits per heavy atom. The molecule has 2 aromatic heterocycles. The van der Waals surface area contributed by atoms with Crippen LogP contribution in [0.3, 0.4) is 0 Å². The molecule has 8 heteroatoms. The van der Waals surface area contributed by atoms with Crippen LogP contribution in [0, 0.1) is 0 Å². The summed E-state index contributed by atoms with van der Waals surface area (Å²) in [6, 6.07) is 5.13. The third kappa shape index (κ3) is 4.14. The van der Waals surface area contributed by atoms with Gasteiger partial charge in [0.1, 0.15) is 11.0 Å². The van der Waals surface area contributed by atoms with Crippen LogP contribution in [0.25, 0.3) is 0 Å². The number of morpholine rings is 1. The third-order valence-electron chi connectivity index (χ3n) is 3.39. The van der Waals surface area contributed by atoms with Crippen molar-refractivity contribution < 1.29 is 9.53 Å². The van der Waals surface area contributed by atoms with Crippen LogP contribution in [0.5, 0.6) is 0 Å². The predicted molar refractivity (Wildman–Crippen MR) is 85.5 cm³/mol. The molecule has 3 rings (SSSR count). The number of carbonyl (C=O) groups is 1. The van der Waals surface area contributed by atoms with E-state index in [0.717, 1.165) is 18.9 Å². The van der Waals surface area contributed by atoms with E-state index >= 15 is 0 Å². The third-order valence-corrected chi connectivity index (χ3v) is 3.59. The second kappa shape index (κ2) is 7.34. The Morgan fingerprint density at radius 2 is 2.17 bits per heavy atom. The number of halogens is 1. The largest absolute Gasteiger partial charge is 0.378 e. The van der Waals surface area contributed by atoms with E-state index in [-0.39, 0.29) is 12.5 Å². The van der Waals surface area contributed by atoms with Crippen molar-refractivity contribution in [1.82, 2.24) is 20.3 Å². The van der Waals surface area contributed by atoms with Crippen molar-refractivity contribution in [2.24, 2.45) is 0 Å². The van der Waals surface area contributed by atoms with E-state index in [1.165, 1.54) is 6.20 Å². The monoisotopic (exact) mass is 333 g/mol. The second-order valence-corrected chi connectivity index (χ2v) is 5.38. The van der Waals surface area contributed by atoms with Crippen molar-refractivity contribution in [2.45, 2.75) is 6.54 Å². The van der Waals surface area contributed by atoms with Crippen molar-refractivity contribution >= 4 is 23.3 Å². The van der Waals surface area contributed by atoms with Crippen LogP contribution in [0.1, 0.15) is 16.2 Å². The van der Waals surface area contributed by atoms with Gasteiger partial charge in [-0.1, -0.05) is 11.6 Å². The minimum absolute atomic E-state index is 0.200. The van der Waals surface area contributed by atoms with Gasteiger partial charge in [0.25, 0.3) is 5.91 Å². The minimum atomic E-state index is -0.227. The van der Waals surface area contributed by atoms with Crippen molar-refractivity contribution in [3.8, 4) is 0 Å². The van der Waals surface area contributed by atoms with Gasteiger partial charge in [0, 0.05) is 31.5 Å². The first-order chi connectivity index (χ1) is 11.2. The van der Waals surface area contributed by atoms with Gasteiger partial charge in [0.2, 0.25) is 0 Å². The average Bonchev–Trinajstić information content (AvgIpc) is 2.61. The number of carbonyl (C=O) groups excluding carboxylic acids is 1. The molecule has 1 N–H and O–H groups in total. The number of ether oxygens (including phenoxy) is 1. The maximum atomic E-state index is 12.0. The molecule has 0 bridgehead atoms. The number of nitrogens with zero attached hydrogens (tertiary/aromatic N) is 4. The molecule has 120 valence electrons. The van der Waals surface area contributed by atoms with Gasteiger partial charge >= 0.3 is 0 Å². The van der Waals surface area contributed by atoms with Gasteiger partial charge in [-0.25, -0.2) is 9.97 Å². The van der Waals surface area contributed by atoms with Crippen LogP contribution >= 0.6 is 11.6 Å². The van der Waals surface area contributed by atoms with E-state index in [0.29, 0.717) is 29.8 Å².